The summed E-state index contributed by atoms with van der Waals surface area (Å²) in [7, 11) is 0. The maximum Gasteiger partial charge on any atom is 0.227 e. The molecule has 3 saturated heterocycles. The number of carbonyl (C=O) groups excluding carboxylic acids is 2. The quantitative estimate of drug-likeness (QED) is 0.831. The van der Waals surface area contributed by atoms with Crippen LogP contribution in [-0.4, -0.2) is 53.1 Å². The number of nitrogens with zero attached hydrogens (tertiary/aromatic N) is 2. The monoisotopic (exact) mass is 314 g/mol. The van der Waals surface area contributed by atoms with Crippen LogP contribution in [0.15, 0.2) is 24.3 Å². The summed E-state index contributed by atoms with van der Waals surface area (Å²) in [5.74, 6) is 0.226. The van der Waals surface area contributed by atoms with Crippen LogP contribution in [0, 0.1) is 6.92 Å². The molecule has 5 nitrogen and oxygen atoms in total. The van der Waals surface area contributed by atoms with E-state index in [1.807, 2.05) is 41.0 Å². The van der Waals surface area contributed by atoms with Crippen molar-refractivity contribution in [1.82, 2.24) is 9.80 Å². The predicted molar refractivity (Wildman–Crippen MR) is 84.6 cm³/mol. The first-order valence-corrected chi connectivity index (χ1v) is 8.40. The van der Waals surface area contributed by atoms with Gasteiger partial charge in [-0.05, 0) is 18.9 Å². The number of benzene rings is 1. The molecule has 4 rings (SSSR count). The van der Waals surface area contributed by atoms with Crippen molar-refractivity contribution in [3.63, 3.8) is 0 Å². The molecule has 2 atom stereocenters. The summed E-state index contributed by atoms with van der Waals surface area (Å²) in [5, 5.41) is 0. The highest BCUT2D eigenvalue weighted by Gasteiger charge is 2.61. The lowest BCUT2D eigenvalue weighted by Gasteiger charge is -2.42. The van der Waals surface area contributed by atoms with E-state index in [1.165, 1.54) is 0 Å². The number of likely N-dealkylation sites (tertiary alicyclic amines) is 1. The first-order valence-electron chi connectivity index (χ1n) is 8.40. The number of hydrogen-bond acceptors (Lipinski definition) is 3. The number of rotatable bonds is 2. The fraction of sp³-hybridized carbons (Fsp3) is 0.556. The predicted octanol–water partition coefficient (Wildman–Crippen LogP) is 1.49. The van der Waals surface area contributed by atoms with E-state index in [0.717, 1.165) is 30.5 Å². The number of carbonyl (C=O) groups is 2. The molecular formula is C18H22N2O3. The zero-order chi connectivity index (χ0) is 16.0. The molecule has 3 fully saturated rings. The minimum Gasteiger partial charge on any atom is -0.353 e. The molecule has 1 aromatic rings. The summed E-state index contributed by atoms with van der Waals surface area (Å²) < 4.78 is 6.04. The second-order valence-corrected chi connectivity index (χ2v) is 6.82. The van der Waals surface area contributed by atoms with Gasteiger partial charge in [-0.1, -0.05) is 29.8 Å². The van der Waals surface area contributed by atoms with Gasteiger partial charge in [0, 0.05) is 19.5 Å². The van der Waals surface area contributed by atoms with E-state index in [0.29, 0.717) is 26.0 Å². The minimum atomic E-state index is -0.544. The molecule has 1 aromatic carbocycles. The zero-order valence-electron chi connectivity index (χ0n) is 13.5. The van der Waals surface area contributed by atoms with Gasteiger partial charge >= 0.3 is 0 Å². The van der Waals surface area contributed by atoms with Crippen LogP contribution in [0.5, 0.6) is 0 Å². The highest BCUT2D eigenvalue weighted by Crippen LogP contribution is 2.44. The van der Waals surface area contributed by atoms with Crippen molar-refractivity contribution in [2.75, 3.05) is 19.7 Å². The van der Waals surface area contributed by atoms with Crippen molar-refractivity contribution in [3.8, 4) is 0 Å². The van der Waals surface area contributed by atoms with E-state index >= 15 is 0 Å². The van der Waals surface area contributed by atoms with Gasteiger partial charge in [0.1, 0.15) is 0 Å². The molecule has 3 aliphatic rings. The Morgan fingerprint density at radius 2 is 2.26 bits per heavy atom. The van der Waals surface area contributed by atoms with Crippen molar-refractivity contribution in [2.45, 2.75) is 44.4 Å². The maximum absolute atomic E-state index is 12.8. The minimum absolute atomic E-state index is 0.0984. The van der Waals surface area contributed by atoms with E-state index in [2.05, 4.69) is 0 Å². The van der Waals surface area contributed by atoms with E-state index < -0.39 is 5.72 Å². The van der Waals surface area contributed by atoms with Crippen LogP contribution in [0.2, 0.25) is 0 Å². The molecule has 0 saturated carbocycles. The smallest absolute Gasteiger partial charge is 0.227 e. The van der Waals surface area contributed by atoms with Gasteiger partial charge < -0.3 is 14.5 Å². The average molecular weight is 314 g/mol. The number of aryl methyl sites for hydroxylation is 1. The van der Waals surface area contributed by atoms with E-state index in [9.17, 15) is 9.59 Å². The van der Waals surface area contributed by atoms with Crippen molar-refractivity contribution in [1.29, 1.82) is 0 Å². The largest absolute Gasteiger partial charge is 0.353 e. The molecule has 0 aromatic heterocycles. The first-order chi connectivity index (χ1) is 11.1. The molecule has 3 heterocycles. The molecular weight excluding hydrogens is 292 g/mol. The molecule has 1 spiro atoms. The summed E-state index contributed by atoms with van der Waals surface area (Å²) in [6.07, 6.45) is 2.42. The van der Waals surface area contributed by atoms with Crippen LogP contribution in [0.1, 0.15) is 30.4 Å². The van der Waals surface area contributed by atoms with Crippen molar-refractivity contribution >= 4 is 11.8 Å². The third-order valence-electron chi connectivity index (χ3n) is 5.37. The van der Waals surface area contributed by atoms with Gasteiger partial charge in [0.15, 0.2) is 5.72 Å². The third-order valence-corrected chi connectivity index (χ3v) is 5.37. The lowest BCUT2D eigenvalue weighted by Crippen LogP contribution is -2.56. The Balaban J connectivity index is 1.54. The summed E-state index contributed by atoms with van der Waals surface area (Å²) in [5.41, 5.74) is 1.64. The molecule has 0 aliphatic carbocycles. The molecule has 23 heavy (non-hydrogen) atoms. The van der Waals surface area contributed by atoms with E-state index in [1.54, 1.807) is 0 Å². The lowest BCUT2D eigenvalue weighted by molar-refractivity contribution is -0.181. The Labute approximate surface area is 136 Å². The Morgan fingerprint density at radius 1 is 1.39 bits per heavy atom. The third kappa shape index (κ3) is 2.26. The fourth-order valence-corrected chi connectivity index (χ4v) is 4.35. The summed E-state index contributed by atoms with van der Waals surface area (Å²) in [6.45, 7) is 4.15. The van der Waals surface area contributed by atoms with E-state index in [4.69, 9.17) is 4.74 Å². The Bertz CT molecular complexity index is 659. The fourth-order valence-electron chi connectivity index (χ4n) is 4.35. The molecule has 2 amide bonds. The number of ether oxygens (including phenoxy) is 1. The van der Waals surface area contributed by atoms with Gasteiger partial charge in [0.25, 0.3) is 0 Å². The van der Waals surface area contributed by atoms with Gasteiger partial charge in [0.2, 0.25) is 11.8 Å². The maximum atomic E-state index is 12.8. The molecule has 0 unspecified atom stereocenters. The molecule has 0 bridgehead atoms. The standard InChI is InChI=1S/C18H22N2O3/c1-13-4-2-5-14(10-13)11-16(21)19-8-6-18-15(19)12-17(22)20(18)7-3-9-23-18/h2,4-5,10,15H,3,6-9,11-12H2,1H3/t15-,18+/m1/s1. The topological polar surface area (TPSA) is 49.9 Å². The van der Waals surface area contributed by atoms with Crippen LogP contribution >= 0.6 is 0 Å². The summed E-state index contributed by atoms with van der Waals surface area (Å²) in [6, 6.07) is 7.93. The highest BCUT2D eigenvalue weighted by atomic mass is 16.5. The van der Waals surface area contributed by atoms with Crippen LogP contribution in [-0.2, 0) is 20.7 Å². The molecule has 5 heteroatoms. The lowest BCUT2D eigenvalue weighted by atomic mass is 10.0. The second-order valence-electron chi connectivity index (χ2n) is 6.82. The van der Waals surface area contributed by atoms with Crippen molar-refractivity contribution in [2.24, 2.45) is 0 Å². The molecule has 122 valence electrons. The molecule has 3 aliphatic heterocycles. The summed E-state index contributed by atoms with van der Waals surface area (Å²) in [4.78, 5) is 28.8. The van der Waals surface area contributed by atoms with Gasteiger partial charge in [-0.2, -0.15) is 0 Å². The van der Waals surface area contributed by atoms with Crippen LogP contribution < -0.4 is 0 Å². The SMILES string of the molecule is Cc1cccc(CC(=O)N2CC[C@@]34OCCCN3C(=O)C[C@@H]24)c1. The average Bonchev–Trinajstić information content (AvgIpc) is 3.00. The number of hydrogen-bond donors (Lipinski definition) is 0. The van der Waals surface area contributed by atoms with Crippen LogP contribution in [0.3, 0.4) is 0 Å². The van der Waals surface area contributed by atoms with Gasteiger partial charge in [0.05, 0.1) is 25.5 Å². The molecule has 0 N–H and O–H groups in total. The normalized spacial score (nSPS) is 29.6. The highest BCUT2D eigenvalue weighted by molar-refractivity contribution is 5.85. The van der Waals surface area contributed by atoms with Crippen molar-refractivity contribution in [3.05, 3.63) is 35.4 Å². The second kappa shape index (κ2) is 5.34. The van der Waals surface area contributed by atoms with Crippen LogP contribution in [0.4, 0.5) is 0 Å². The Kier molecular flexibility index (Phi) is 3.41. The summed E-state index contributed by atoms with van der Waals surface area (Å²) >= 11 is 0. The van der Waals surface area contributed by atoms with Crippen molar-refractivity contribution < 1.29 is 14.3 Å². The van der Waals surface area contributed by atoms with Gasteiger partial charge in [-0.25, -0.2) is 0 Å². The van der Waals surface area contributed by atoms with Gasteiger partial charge in [-0.3, -0.25) is 9.59 Å². The van der Waals surface area contributed by atoms with Crippen LogP contribution in [0.25, 0.3) is 0 Å². The first kappa shape index (κ1) is 14.7. The van der Waals surface area contributed by atoms with E-state index in [-0.39, 0.29) is 17.9 Å². The Hall–Kier alpha value is -1.88. The number of amides is 2. The zero-order valence-corrected chi connectivity index (χ0v) is 13.5. The molecule has 0 radical (unpaired) electrons. The Morgan fingerprint density at radius 3 is 3.09 bits per heavy atom. The van der Waals surface area contributed by atoms with Gasteiger partial charge in [-0.15, -0.1) is 0 Å².